The first-order chi connectivity index (χ1) is 64.0. The number of methoxy groups -OCH3 is 1. The average Bonchev–Trinajstić information content (AvgIpc) is 0.712. The highest BCUT2D eigenvalue weighted by Crippen LogP contribution is 2.87. The average molecular weight is 1880 g/mol. The van der Waals surface area contributed by atoms with Crippen LogP contribution in [0.4, 0.5) is 10.5 Å². The standard InChI is InChI=1S/C93H115ClN14O26/c1-39(2)22-57(99-8)85(119)107-78-73(108-125)44-12-16-62(56(94)26-44)131-67-28-45-27-66(81(67)134-90-82(80(116)79(115)68(38-109)132-90)133-71-37-92(5,96)83(117)41(4)129-71)130-61-15-11-42(24-51(61)50-23-40(50)3)60(112)36-70(114)102-76(88(122)106-77-54-30-46-29-47-31-55(77)93(46,47)54)53-33-49(110)34-65(126-9)72(53)52-25-43(10-14-59(52)111)74(84(95)118)104-87(121)75(45)105-86(120)58(101-89(78)123)35-69(113)103-91(124)100-48-13-17-63(127-20-18-97-6)64(32-48)128-21-19-98-7/h10-17,24-28,32-34,39-41,46-47,50,54-55,57-58,60,68,71,73-80,82-83,90,97-99,109-112,115-117H,18-23,29-31,35-38,96H2,1-9H3,(H2,95,118)(H,101,123)(H,102,114)(H,104,121)(H,105,120)(H,106,122)(H,107,119)(H2,100,103,113,124). The number of ether oxygens (including phenoxy) is 9. The van der Waals surface area contributed by atoms with E-state index in [1.807, 2.05) is 20.8 Å². The van der Waals surface area contributed by atoms with Crippen LogP contribution in [0.25, 0.3) is 11.1 Å². The van der Waals surface area contributed by atoms with Crippen LogP contribution in [0.1, 0.15) is 156 Å². The summed E-state index contributed by atoms with van der Waals surface area (Å²) in [5.41, 5.74) is 10.9. The molecule has 6 aromatic carbocycles. The Balaban J connectivity index is 0.920. The number of aliphatic hydroxyl groups is 5. The monoisotopic (exact) mass is 1880 g/mol. The molecule has 134 heavy (non-hydrogen) atoms. The van der Waals surface area contributed by atoms with Gasteiger partial charge in [0.1, 0.15) is 96.5 Å². The fraction of sp³-hybridized carbons (Fsp3) is 0.516. The molecule has 2 saturated heterocycles. The number of fused-ring (bicyclic) bond motifs is 16. The number of imide groups is 1. The minimum atomic E-state index is -2.39. The molecule has 6 aliphatic heterocycles. The summed E-state index contributed by atoms with van der Waals surface area (Å²) in [5, 5.41) is 116. The Kier molecular flexibility index (Phi) is 29.0. The van der Waals surface area contributed by atoms with Crippen LogP contribution in [-0.2, 0) is 52.6 Å². The Hall–Kier alpha value is -11.6. The smallest absolute Gasteiger partial charge is 0.325 e. The van der Waals surface area contributed by atoms with E-state index in [0.29, 0.717) is 42.7 Å². The van der Waals surface area contributed by atoms with Gasteiger partial charge in [0, 0.05) is 60.0 Å². The lowest BCUT2D eigenvalue weighted by molar-refractivity contribution is -0.390. The normalized spacial score (nSPS) is 30.8. The molecule has 720 valence electrons. The van der Waals surface area contributed by atoms with Crippen molar-refractivity contribution in [1.82, 2.24) is 53.2 Å². The topological polar surface area (TPSA) is 592 Å². The molecule has 23 atom stereocenters. The fourth-order valence-corrected chi connectivity index (χ4v) is 20.6. The number of rotatable bonds is 27. The minimum absolute atomic E-state index is 0.0493. The van der Waals surface area contributed by atoms with Crippen molar-refractivity contribution in [2.75, 3.05) is 66.5 Å². The number of urea groups is 1. The van der Waals surface area contributed by atoms with Gasteiger partial charge in [0.2, 0.25) is 59.3 Å². The number of nitroso groups, excluding NO2 is 1. The van der Waals surface area contributed by atoms with E-state index in [1.54, 1.807) is 20.2 Å². The molecule has 10 amide bonds. The Labute approximate surface area is 775 Å². The third-order valence-corrected chi connectivity index (χ3v) is 27.7. The number of carbonyl (C=O) groups excluding carboxylic acids is 9. The van der Waals surface area contributed by atoms with Gasteiger partial charge >= 0.3 is 6.03 Å². The van der Waals surface area contributed by atoms with Crippen molar-refractivity contribution in [3.05, 3.63) is 140 Å². The number of anilines is 1. The van der Waals surface area contributed by atoms with Gasteiger partial charge in [-0.2, -0.15) is 4.91 Å². The van der Waals surface area contributed by atoms with E-state index in [4.69, 9.17) is 65.7 Å². The first-order valence-electron chi connectivity index (χ1n) is 44.8. The van der Waals surface area contributed by atoms with E-state index in [1.165, 1.54) is 88.7 Å². The highest BCUT2D eigenvalue weighted by Gasteiger charge is 2.84. The van der Waals surface area contributed by atoms with Crippen molar-refractivity contribution < 1.29 is 122 Å². The summed E-state index contributed by atoms with van der Waals surface area (Å²) < 4.78 is 57.8. The molecule has 22 N–H and O–H groups in total. The molecule has 5 aliphatic carbocycles. The number of aromatic hydroxyl groups is 2. The molecule has 41 heteroatoms. The number of primary amides is 1. The lowest BCUT2D eigenvalue weighted by atomic mass is 9.17. The summed E-state index contributed by atoms with van der Waals surface area (Å²) in [7, 11) is 6.14. The van der Waals surface area contributed by atoms with Crippen molar-refractivity contribution in [2.45, 2.75) is 201 Å². The zero-order chi connectivity index (χ0) is 96.0. The number of nitrogens with one attached hydrogen (secondary N) is 11. The Morgan fingerprint density at radius 3 is 2.02 bits per heavy atom. The predicted molar refractivity (Wildman–Crippen MR) is 479 cm³/mol. The second-order valence-corrected chi connectivity index (χ2v) is 37.2. The van der Waals surface area contributed by atoms with Crippen LogP contribution in [0, 0.1) is 45.8 Å². The van der Waals surface area contributed by atoms with Gasteiger partial charge < -0.3 is 143 Å². The molecule has 0 aromatic heterocycles. The third kappa shape index (κ3) is 19.7. The van der Waals surface area contributed by atoms with Gasteiger partial charge in [-0.3, -0.25) is 43.7 Å². The van der Waals surface area contributed by atoms with Crippen molar-refractivity contribution in [1.29, 1.82) is 0 Å². The first-order valence-corrected chi connectivity index (χ1v) is 45.2. The Bertz CT molecular complexity index is 5480. The zero-order valence-corrected chi connectivity index (χ0v) is 75.9. The van der Waals surface area contributed by atoms with Gasteiger partial charge in [-0.1, -0.05) is 55.7 Å². The van der Waals surface area contributed by atoms with Gasteiger partial charge in [-0.15, -0.1) is 0 Å². The lowest BCUT2D eigenvalue weighted by Gasteiger charge is -2.88. The maximum Gasteiger partial charge on any atom is 0.325 e. The van der Waals surface area contributed by atoms with E-state index in [-0.39, 0.29) is 123 Å². The molecule has 11 aliphatic rings. The molecule has 7 fully saturated rings. The lowest BCUT2D eigenvalue weighted by Crippen LogP contribution is -2.88. The maximum absolute atomic E-state index is 16.7. The van der Waals surface area contributed by atoms with Gasteiger partial charge in [-0.25, -0.2) is 4.79 Å². The Morgan fingerprint density at radius 2 is 1.39 bits per heavy atom. The van der Waals surface area contributed by atoms with Crippen LogP contribution in [0.15, 0.2) is 102 Å². The molecular formula is C93H115ClN14O26. The number of likely N-dealkylation sites (N-methyl/N-ethyl adjacent to an activating group) is 3. The summed E-state index contributed by atoms with van der Waals surface area (Å²) in [4.78, 5) is 152. The van der Waals surface area contributed by atoms with Crippen LogP contribution < -0.4 is 98.4 Å². The molecule has 23 unspecified atom stereocenters. The largest absolute Gasteiger partial charge is 0.508 e. The maximum atomic E-state index is 16.7. The summed E-state index contributed by atoms with van der Waals surface area (Å²) in [5.74, 6) is -11.6. The second kappa shape index (κ2) is 40.1. The molecule has 5 saturated carbocycles. The summed E-state index contributed by atoms with van der Waals surface area (Å²) >= 11 is 7.34. The van der Waals surface area contributed by atoms with Crippen molar-refractivity contribution in [3.63, 3.8) is 0 Å². The number of hydrogen-bond donors (Lipinski definition) is 20. The number of halogens is 1. The minimum Gasteiger partial charge on any atom is -0.508 e. The molecule has 0 radical (unpaired) electrons. The summed E-state index contributed by atoms with van der Waals surface area (Å²) in [6.07, 6.45) is -13.7. The molecular weight excluding hydrogens is 1760 g/mol. The molecule has 17 rings (SSSR count). The first kappa shape index (κ1) is 96.9. The van der Waals surface area contributed by atoms with E-state index < -0.39 is 221 Å². The SMILES string of the molecule is CNCCOc1ccc(NC(=O)NC(=O)CC2NC(=O)C(NC(=O)C(CC(C)C)NC)C(N=O)c3ccc(c(Cl)c3)Oc3cc4cc(c3OC3OC(CO)C(O)C(O)C3OC3CC(C)(N)C(O)C(C)O3)Oc3ccc(cc3C3CC3C)C(O)CC(=O)NC(C(=O)NC3C5CC6CC7CC3C675)c3cc(O)cc(OC)c3-c3cc(ccc3O)C(C(N)=O)NC(=O)C4NC2=O)cc1OCCNC. The van der Waals surface area contributed by atoms with Crippen LogP contribution in [-0.4, -0.2) is 229 Å². The molecule has 9 bridgehead atoms. The van der Waals surface area contributed by atoms with Crippen LogP contribution in [0.3, 0.4) is 0 Å². The number of phenols is 2. The van der Waals surface area contributed by atoms with Crippen molar-refractivity contribution in [2.24, 2.45) is 57.6 Å². The second-order valence-electron chi connectivity index (χ2n) is 36.8. The number of benzene rings is 6. The van der Waals surface area contributed by atoms with Crippen molar-refractivity contribution >= 4 is 70.6 Å². The van der Waals surface area contributed by atoms with Crippen LogP contribution in [0.2, 0.25) is 5.02 Å². The van der Waals surface area contributed by atoms with Crippen molar-refractivity contribution in [3.8, 4) is 68.6 Å². The molecule has 40 nitrogen and oxygen atoms in total. The van der Waals surface area contributed by atoms with E-state index in [2.05, 4.69) is 63.7 Å². The van der Waals surface area contributed by atoms with E-state index in [9.17, 15) is 59.8 Å². The third-order valence-electron chi connectivity index (χ3n) is 27.4. The van der Waals surface area contributed by atoms with E-state index >= 15 is 24.0 Å². The molecule has 6 aromatic rings. The summed E-state index contributed by atoms with van der Waals surface area (Å²) in [6, 6.07) is 5.09. The number of amides is 10. The van der Waals surface area contributed by atoms with Gasteiger partial charge in [0.15, 0.2) is 35.4 Å². The number of nitrogens with zero attached hydrogens (tertiary/aromatic N) is 1. The molecule has 6 heterocycles. The number of nitrogens with two attached hydrogens (primary N) is 2. The van der Waals surface area contributed by atoms with Crippen LogP contribution >= 0.6 is 11.6 Å². The molecule has 1 spiro atoms. The number of aliphatic hydroxyl groups excluding tert-OH is 5. The highest BCUT2D eigenvalue weighted by molar-refractivity contribution is 6.32. The van der Waals surface area contributed by atoms with Gasteiger partial charge in [0.05, 0.1) is 55.9 Å². The van der Waals surface area contributed by atoms with Gasteiger partial charge in [0.25, 0.3) is 0 Å². The quantitative estimate of drug-likeness (QED) is 0.0254. The van der Waals surface area contributed by atoms with Crippen LogP contribution in [0.5, 0.6) is 57.5 Å². The Morgan fingerprint density at radius 1 is 0.709 bits per heavy atom. The van der Waals surface area contributed by atoms with E-state index in [0.717, 1.165) is 49.6 Å². The fourth-order valence-electron chi connectivity index (χ4n) is 20.4. The van der Waals surface area contributed by atoms with Gasteiger partial charge in [-0.05, 0) is 214 Å². The number of phenolic OH excluding ortho intramolecular Hbond substituents is 2. The summed E-state index contributed by atoms with van der Waals surface area (Å²) in [6.45, 7) is 8.82. The highest BCUT2D eigenvalue weighted by atomic mass is 35.5. The predicted octanol–water partition coefficient (Wildman–Crippen LogP) is 4.17. The zero-order valence-electron chi connectivity index (χ0n) is 75.2. The number of hydrogen-bond acceptors (Lipinski definition) is 31. The number of carbonyl (C=O) groups is 9.